The van der Waals surface area contributed by atoms with Gasteiger partial charge in [0.25, 0.3) is 5.91 Å². The minimum atomic E-state index is 0.0173. The summed E-state index contributed by atoms with van der Waals surface area (Å²) in [7, 11) is 1.65. The number of aromatic nitrogens is 5. The Bertz CT molecular complexity index is 1880. The Morgan fingerprint density at radius 1 is 1.07 bits per heavy atom. The lowest BCUT2D eigenvalue weighted by Crippen LogP contribution is -2.40. The molecule has 1 aliphatic carbocycles. The van der Waals surface area contributed by atoms with Crippen molar-refractivity contribution in [2.75, 3.05) is 7.11 Å². The molecule has 42 heavy (non-hydrogen) atoms. The van der Waals surface area contributed by atoms with E-state index in [1.54, 1.807) is 7.11 Å². The fraction of sp³-hybridized carbons (Fsp3) is 0.394. The number of carbonyl (C=O) groups excluding carboxylic acids is 1. The number of imidazole rings is 1. The van der Waals surface area contributed by atoms with Gasteiger partial charge >= 0.3 is 0 Å². The first-order valence-corrected chi connectivity index (χ1v) is 15.0. The van der Waals surface area contributed by atoms with E-state index in [9.17, 15) is 4.79 Å². The van der Waals surface area contributed by atoms with Crippen LogP contribution in [0.2, 0.25) is 0 Å². The first-order chi connectivity index (χ1) is 20.4. The Labute approximate surface area is 244 Å². The smallest absolute Gasteiger partial charge is 0.254 e. The fourth-order valence-electron chi connectivity index (χ4n) is 7.27. The van der Waals surface area contributed by atoms with Gasteiger partial charge in [0.1, 0.15) is 17.0 Å². The van der Waals surface area contributed by atoms with Crippen molar-refractivity contribution in [3.8, 4) is 28.5 Å². The molecule has 2 aliphatic heterocycles. The fourth-order valence-corrected chi connectivity index (χ4v) is 7.27. The van der Waals surface area contributed by atoms with Crippen LogP contribution in [-0.4, -0.2) is 60.0 Å². The highest BCUT2D eigenvalue weighted by atomic mass is 16.5. The number of amides is 1. The summed E-state index contributed by atoms with van der Waals surface area (Å²) in [5, 5.41) is 1.08. The molecule has 0 spiro atoms. The zero-order chi connectivity index (χ0) is 28.7. The van der Waals surface area contributed by atoms with E-state index in [0.29, 0.717) is 23.0 Å². The number of rotatable bonds is 6. The highest BCUT2D eigenvalue weighted by molar-refractivity contribution is 5.97. The van der Waals surface area contributed by atoms with Gasteiger partial charge in [0.2, 0.25) is 0 Å². The summed E-state index contributed by atoms with van der Waals surface area (Å²) in [6, 6.07) is 14.6. The van der Waals surface area contributed by atoms with Gasteiger partial charge in [-0.15, -0.1) is 0 Å². The molecule has 7 heterocycles. The maximum absolute atomic E-state index is 13.8. The molecule has 9 heteroatoms. The molecule has 1 amide bonds. The van der Waals surface area contributed by atoms with Crippen LogP contribution in [0.4, 0.5) is 0 Å². The average molecular weight is 562 g/mol. The lowest BCUT2D eigenvalue weighted by atomic mass is 9.97. The second kappa shape index (κ2) is 9.39. The van der Waals surface area contributed by atoms with E-state index >= 15 is 0 Å². The minimum Gasteiger partial charge on any atom is -0.482 e. The monoisotopic (exact) mass is 561 g/mol. The number of hydrogen-bond donors (Lipinski definition) is 1. The van der Waals surface area contributed by atoms with Gasteiger partial charge in [-0.05, 0) is 88.3 Å². The molecule has 3 aliphatic rings. The van der Waals surface area contributed by atoms with Crippen molar-refractivity contribution in [2.24, 2.45) is 11.7 Å². The molecular weight excluding hydrogens is 526 g/mol. The van der Waals surface area contributed by atoms with E-state index in [1.165, 1.54) is 12.8 Å². The maximum atomic E-state index is 13.8. The molecule has 0 aromatic carbocycles. The molecule has 3 atom stereocenters. The van der Waals surface area contributed by atoms with Crippen molar-refractivity contribution in [1.29, 1.82) is 0 Å². The summed E-state index contributed by atoms with van der Waals surface area (Å²) in [6.45, 7) is 4.98. The van der Waals surface area contributed by atoms with Gasteiger partial charge in [0, 0.05) is 59.1 Å². The van der Waals surface area contributed by atoms with Crippen molar-refractivity contribution < 1.29 is 9.53 Å². The van der Waals surface area contributed by atoms with Crippen molar-refractivity contribution in [3.63, 3.8) is 0 Å². The first-order valence-electron chi connectivity index (χ1n) is 15.0. The van der Waals surface area contributed by atoms with Gasteiger partial charge in [-0.3, -0.25) is 14.2 Å². The second-order valence-corrected chi connectivity index (χ2v) is 12.3. The van der Waals surface area contributed by atoms with Gasteiger partial charge in [0.05, 0.1) is 24.2 Å². The Morgan fingerprint density at radius 3 is 2.64 bits per heavy atom. The molecular formula is C33H35N7O2. The molecule has 9 nitrogen and oxygen atoms in total. The largest absolute Gasteiger partial charge is 0.482 e. The maximum Gasteiger partial charge on any atom is 0.254 e. The molecule has 8 rings (SSSR count). The third kappa shape index (κ3) is 3.86. The number of carbonyl (C=O) groups is 1. The third-order valence-electron chi connectivity index (χ3n) is 9.60. The number of nitrogens with zero attached hydrogens (tertiary/aromatic N) is 6. The van der Waals surface area contributed by atoms with Crippen LogP contribution in [-0.2, 0) is 6.54 Å². The molecule has 2 saturated heterocycles. The summed E-state index contributed by atoms with van der Waals surface area (Å²) >= 11 is 0. The Balaban J connectivity index is 1.26. The minimum absolute atomic E-state index is 0.0173. The van der Waals surface area contributed by atoms with Crippen molar-refractivity contribution in [3.05, 3.63) is 65.6 Å². The molecule has 3 fully saturated rings. The number of pyridine rings is 3. The first kappa shape index (κ1) is 25.5. The van der Waals surface area contributed by atoms with Gasteiger partial charge in [-0.25, -0.2) is 9.97 Å². The van der Waals surface area contributed by atoms with E-state index < -0.39 is 0 Å². The Kier molecular flexibility index (Phi) is 5.69. The van der Waals surface area contributed by atoms with E-state index in [4.69, 9.17) is 20.4 Å². The lowest BCUT2D eigenvalue weighted by molar-refractivity contribution is 0.0726. The van der Waals surface area contributed by atoms with E-state index in [1.807, 2.05) is 40.6 Å². The van der Waals surface area contributed by atoms with Gasteiger partial charge < -0.3 is 19.9 Å². The molecule has 0 unspecified atom stereocenters. The molecule has 5 aromatic heterocycles. The summed E-state index contributed by atoms with van der Waals surface area (Å²) < 4.78 is 10.2. The van der Waals surface area contributed by atoms with Crippen LogP contribution < -0.4 is 10.5 Å². The molecule has 1 saturated carbocycles. The normalized spacial score (nSPS) is 21.6. The number of ether oxygens (including phenoxy) is 1. The summed E-state index contributed by atoms with van der Waals surface area (Å²) in [4.78, 5) is 30.5. The van der Waals surface area contributed by atoms with Crippen LogP contribution >= 0.6 is 0 Å². The number of hydrogen-bond acceptors (Lipinski definition) is 6. The van der Waals surface area contributed by atoms with Crippen LogP contribution in [0.1, 0.15) is 53.8 Å². The molecule has 2 bridgehead atoms. The SMILES string of the molecule is COc1cc(C(=O)N2[C@H]3CC[C@@H]2[C@H](N)C3)cc2nc(-c3cc4ccc(-c5cccnc5C)nc4n3CC3CC3)c(C)n12. The van der Waals surface area contributed by atoms with Crippen LogP contribution in [0.15, 0.2) is 48.7 Å². The van der Waals surface area contributed by atoms with Crippen molar-refractivity contribution in [2.45, 2.75) is 70.6 Å². The third-order valence-corrected chi connectivity index (χ3v) is 9.60. The number of methoxy groups -OCH3 is 1. The zero-order valence-corrected chi connectivity index (χ0v) is 24.2. The highest BCUT2D eigenvalue weighted by Crippen LogP contribution is 2.40. The van der Waals surface area contributed by atoms with Gasteiger partial charge in [-0.1, -0.05) is 0 Å². The predicted molar refractivity (Wildman–Crippen MR) is 161 cm³/mol. The summed E-state index contributed by atoms with van der Waals surface area (Å²) in [5.74, 6) is 1.26. The van der Waals surface area contributed by atoms with E-state index in [2.05, 4.69) is 40.7 Å². The lowest BCUT2D eigenvalue weighted by Gasteiger charge is -2.23. The Morgan fingerprint density at radius 2 is 1.93 bits per heavy atom. The average Bonchev–Trinajstić information content (AvgIpc) is 3.32. The topological polar surface area (TPSA) is 104 Å². The van der Waals surface area contributed by atoms with Crippen molar-refractivity contribution >= 4 is 22.6 Å². The van der Waals surface area contributed by atoms with Crippen LogP contribution in [0, 0.1) is 19.8 Å². The Hall–Kier alpha value is -4.24. The number of nitrogens with two attached hydrogens (primary N) is 1. The van der Waals surface area contributed by atoms with Gasteiger partial charge in [0.15, 0.2) is 5.88 Å². The molecule has 214 valence electrons. The number of aryl methyl sites for hydroxylation is 2. The van der Waals surface area contributed by atoms with E-state index in [-0.39, 0.29) is 24.0 Å². The highest BCUT2D eigenvalue weighted by Gasteiger charge is 2.47. The summed E-state index contributed by atoms with van der Waals surface area (Å²) in [5.41, 5.74) is 14.4. The quantitative estimate of drug-likeness (QED) is 0.307. The van der Waals surface area contributed by atoms with Crippen LogP contribution in [0.3, 0.4) is 0 Å². The zero-order valence-electron chi connectivity index (χ0n) is 24.2. The molecule has 5 aromatic rings. The summed E-state index contributed by atoms with van der Waals surface area (Å²) in [6.07, 6.45) is 7.15. The van der Waals surface area contributed by atoms with E-state index in [0.717, 1.165) is 70.9 Å². The number of fused-ring (bicyclic) bond motifs is 4. The van der Waals surface area contributed by atoms with Crippen molar-refractivity contribution in [1.82, 2.24) is 28.8 Å². The molecule has 2 N–H and O–H groups in total. The van der Waals surface area contributed by atoms with Crippen LogP contribution in [0.5, 0.6) is 5.88 Å². The van der Waals surface area contributed by atoms with Gasteiger partial charge in [-0.2, -0.15) is 0 Å². The van der Waals surface area contributed by atoms with Crippen LogP contribution in [0.25, 0.3) is 39.3 Å². The molecule has 0 radical (unpaired) electrons. The standard InChI is InChI=1S/C33H35N7O2/c1-18-24(5-4-12-35-18)26-10-8-21-13-28(38(32(21)36-26)17-20-6-7-20)31-19(2)39-29(37-31)14-22(15-30(39)42-3)33(41)40-23-9-11-27(40)25(34)16-23/h4-5,8,10,12-15,20,23,25,27H,6-7,9,11,16-17,34H2,1-3H3/t23-,25+,27+/m0/s1. The second-order valence-electron chi connectivity index (χ2n) is 12.3. The predicted octanol–water partition coefficient (Wildman–Crippen LogP) is 5.15.